The van der Waals surface area contributed by atoms with E-state index in [1.165, 1.54) is 5.56 Å². The van der Waals surface area contributed by atoms with Gasteiger partial charge >= 0.3 is 5.97 Å². The van der Waals surface area contributed by atoms with Gasteiger partial charge in [-0.3, -0.25) is 4.79 Å². The fourth-order valence-corrected chi connectivity index (χ4v) is 3.94. The van der Waals surface area contributed by atoms with Gasteiger partial charge < -0.3 is 5.11 Å². The maximum Gasteiger partial charge on any atom is 0.306 e. The standard InChI is InChI=1S/C14H16Br2O2/c15-12-7-10(6-9-4-2-1-3-5-9)11(14(17)18)8-13(12)16/h1-5,10-13H,6-8H2,(H,17,18)/t10-,11+,12-,13-/m1/s1. The van der Waals surface area contributed by atoms with Crippen LogP contribution in [0.5, 0.6) is 0 Å². The van der Waals surface area contributed by atoms with Crippen molar-refractivity contribution in [2.24, 2.45) is 11.8 Å². The lowest BCUT2D eigenvalue weighted by Crippen LogP contribution is -2.37. The Balaban J connectivity index is 2.11. The second kappa shape index (κ2) is 6.20. The van der Waals surface area contributed by atoms with Crippen LogP contribution in [0.3, 0.4) is 0 Å². The summed E-state index contributed by atoms with van der Waals surface area (Å²) in [6.45, 7) is 0. The van der Waals surface area contributed by atoms with Gasteiger partial charge in [-0.15, -0.1) is 0 Å². The number of carboxylic acids is 1. The van der Waals surface area contributed by atoms with Crippen molar-refractivity contribution in [1.29, 1.82) is 0 Å². The lowest BCUT2D eigenvalue weighted by molar-refractivity contribution is -0.144. The van der Waals surface area contributed by atoms with E-state index in [1.54, 1.807) is 0 Å². The average Bonchev–Trinajstić information content (AvgIpc) is 2.34. The average molecular weight is 376 g/mol. The van der Waals surface area contributed by atoms with Gasteiger partial charge in [-0.1, -0.05) is 62.2 Å². The van der Waals surface area contributed by atoms with Gasteiger partial charge in [0, 0.05) is 9.65 Å². The molecule has 0 spiro atoms. The first kappa shape index (κ1) is 14.1. The van der Waals surface area contributed by atoms with Crippen LogP contribution in [0.15, 0.2) is 30.3 Å². The molecule has 1 aliphatic carbocycles. The number of hydrogen-bond acceptors (Lipinski definition) is 1. The first-order chi connectivity index (χ1) is 8.58. The second-order valence-electron chi connectivity index (χ2n) is 4.90. The van der Waals surface area contributed by atoms with Gasteiger partial charge in [0.15, 0.2) is 0 Å². The van der Waals surface area contributed by atoms with Gasteiger partial charge in [0.25, 0.3) is 0 Å². The van der Waals surface area contributed by atoms with Gasteiger partial charge in [-0.25, -0.2) is 0 Å². The molecule has 1 aromatic rings. The third-order valence-electron chi connectivity index (χ3n) is 3.63. The number of rotatable bonds is 3. The SMILES string of the molecule is O=C(O)[C@H]1C[C@@H](Br)[C@H](Br)C[C@H]1Cc1ccccc1. The van der Waals surface area contributed by atoms with Crippen LogP contribution < -0.4 is 0 Å². The van der Waals surface area contributed by atoms with Crippen molar-refractivity contribution >= 4 is 37.8 Å². The third kappa shape index (κ3) is 3.35. The first-order valence-corrected chi connectivity index (χ1v) is 7.96. The van der Waals surface area contributed by atoms with Crippen molar-refractivity contribution in [3.8, 4) is 0 Å². The predicted octanol–water partition coefficient (Wildman–Crippen LogP) is 3.87. The van der Waals surface area contributed by atoms with Crippen molar-refractivity contribution < 1.29 is 9.90 Å². The lowest BCUT2D eigenvalue weighted by atomic mass is 9.76. The molecule has 0 aliphatic heterocycles. The highest BCUT2D eigenvalue weighted by atomic mass is 79.9. The second-order valence-corrected chi connectivity index (χ2v) is 7.25. The van der Waals surface area contributed by atoms with E-state index >= 15 is 0 Å². The minimum atomic E-state index is -0.667. The van der Waals surface area contributed by atoms with E-state index < -0.39 is 5.97 Å². The molecule has 0 saturated heterocycles. The Labute approximate surface area is 124 Å². The summed E-state index contributed by atoms with van der Waals surface area (Å²) in [5.41, 5.74) is 1.22. The Kier molecular flexibility index (Phi) is 4.84. The molecule has 1 aromatic carbocycles. The lowest BCUT2D eigenvalue weighted by Gasteiger charge is -2.35. The summed E-state index contributed by atoms with van der Waals surface area (Å²) >= 11 is 7.21. The molecule has 0 aromatic heterocycles. The van der Waals surface area contributed by atoms with Gasteiger partial charge in [0.05, 0.1) is 5.92 Å². The van der Waals surface area contributed by atoms with Crippen molar-refractivity contribution in [3.63, 3.8) is 0 Å². The van der Waals surface area contributed by atoms with Crippen molar-refractivity contribution in [3.05, 3.63) is 35.9 Å². The molecule has 2 rings (SSSR count). The zero-order chi connectivity index (χ0) is 13.1. The molecule has 0 unspecified atom stereocenters. The molecule has 4 heteroatoms. The minimum Gasteiger partial charge on any atom is -0.481 e. The van der Waals surface area contributed by atoms with Crippen LogP contribution in [0.4, 0.5) is 0 Å². The Hall–Kier alpha value is -0.350. The van der Waals surface area contributed by atoms with E-state index in [0.717, 1.165) is 12.8 Å². The topological polar surface area (TPSA) is 37.3 Å². The third-order valence-corrected chi connectivity index (χ3v) is 6.36. The highest BCUT2D eigenvalue weighted by molar-refractivity contribution is 9.12. The molecule has 0 radical (unpaired) electrons. The van der Waals surface area contributed by atoms with Crippen LogP contribution in [0.1, 0.15) is 18.4 Å². The van der Waals surface area contributed by atoms with Gasteiger partial charge in [-0.05, 0) is 30.7 Å². The molecule has 98 valence electrons. The molecule has 1 fully saturated rings. The Morgan fingerprint density at radius 2 is 1.78 bits per heavy atom. The highest BCUT2D eigenvalue weighted by Gasteiger charge is 2.38. The minimum absolute atomic E-state index is 0.211. The molecular weight excluding hydrogens is 360 g/mol. The summed E-state index contributed by atoms with van der Waals surface area (Å²) in [6.07, 6.45) is 2.45. The summed E-state index contributed by atoms with van der Waals surface area (Å²) in [7, 11) is 0. The Bertz CT molecular complexity index is 408. The van der Waals surface area contributed by atoms with Gasteiger partial charge in [0.2, 0.25) is 0 Å². The molecule has 1 N–H and O–H groups in total. The summed E-state index contributed by atoms with van der Waals surface area (Å²) in [5.74, 6) is -0.703. The number of halogens is 2. The molecule has 1 aliphatic rings. The highest BCUT2D eigenvalue weighted by Crippen LogP contribution is 2.39. The van der Waals surface area contributed by atoms with Crippen LogP contribution >= 0.6 is 31.9 Å². The summed E-state index contributed by atoms with van der Waals surface area (Å²) < 4.78 is 0. The fraction of sp³-hybridized carbons (Fsp3) is 0.500. The van der Waals surface area contributed by atoms with Crippen molar-refractivity contribution in [2.45, 2.75) is 28.9 Å². The Morgan fingerprint density at radius 3 is 2.39 bits per heavy atom. The monoisotopic (exact) mass is 374 g/mol. The normalized spacial score (nSPS) is 32.1. The largest absolute Gasteiger partial charge is 0.481 e. The van der Waals surface area contributed by atoms with E-state index in [0.29, 0.717) is 11.2 Å². The quantitative estimate of drug-likeness (QED) is 0.814. The summed E-state index contributed by atoms with van der Waals surface area (Å²) in [6, 6.07) is 10.1. The molecule has 0 heterocycles. The van der Waals surface area contributed by atoms with Crippen LogP contribution in [0.2, 0.25) is 0 Å². The summed E-state index contributed by atoms with van der Waals surface area (Å²) in [4.78, 5) is 12.0. The smallest absolute Gasteiger partial charge is 0.306 e. The number of aliphatic carboxylic acids is 1. The molecule has 0 amide bonds. The van der Waals surface area contributed by atoms with E-state index in [2.05, 4.69) is 44.0 Å². The molecule has 2 nitrogen and oxygen atoms in total. The van der Waals surface area contributed by atoms with E-state index in [-0.39, 0.29) is 16.7 Å². The van der Waals surface area contributed by atoms with Crippen molar-refractivity contribution in [2.75, 3.05) is 0 Å². The van der Waals surface area contributed by atoms with Crippen molar-refractivity contribution in [1.82, 2.24) is 0 Å². The van der Waals surface area contributed by atoms with Crippen LogP contribution in [-0.4, -0.2) is 20.7 Å². The maximum absolute atomic E-state index is 11.4. The molecule has 4 atom stereocenters. The number of hydrogen-bond donors (Lipinski definition) is 1. The fourth-order valence-electron chi connectivity index (χ4n) is 2.63. The maximum atomic E-state index is 11.4. The first-order valence-electron chi connectivity index (χ1n) is 6.12. The van der Waals surface area contributed by atoms with Crippen LogP contribution in [-0.2, 0) is 11.2 Å². The Morgan fingerprint density at radius 1 is 1.17 bits per heavy atom. The number of carbonyl (C=O) groups is 1. The summed E-state index contributed by atoms with van der Waals surface area (Å²) in [5, 5.41) is 9.35. The van der Waals surface area contributed by atoms with E-state index in [4.69, 9.17) is 0 Å². The molecule has 18 heavy (non-hydrogen) atoms. The zero-order valence-corrected chi connectivity index (χ0v) is 13.1. The van der Waals surface area contributed by atoms with Gasteiger partial charge in [0.1, 0.15) is 0 Å². The van der Waals surface area contributed by atoms with Crippen LogP contribution in [0.25, 0.3) is 0 Å². The number of carboxylic acid groups (broad SMARTS) is 1. The molecule has 0 bridgehead atoms. The van der Waals surface area contributed by atoms with Crippen LogP contribution in [0, 0.1) is 11.8 Å². The number of alkyl halides is 2. The van der Waals surface area contributed by atoms with E-state index in [9.17, 15) is 9.90 Å². The van der Waals surface area contributed by atoms with Gasteiger partial charge in [-0.2, -0.15) is 0 Å². The zero-order valence-electron chi connectivity index (χ0n) is 9.93. The predicted molar refractivity (Wildman–Crippen MR) is 79.4 cm³/mol. The van der Waals surface area contributed by atoms with E-state index in [1.807, 2.05) is 18.2 Å². The molecular formula is C14H16Br2O2. The number of benzene rings is 1. The molecule has 1 saturated carbocycles.